The van der Waals surface area contributed by atoms with Crippen LogP contribution in [0.4, 0.5) is 17.6 Å². The number of nitrogens with zero attached hydrogens (tertiary/aromatic N) is 1. The van der Waals surface area contributed by atoms with Crippen LogP contribution in [0.1, 0.15) is 49.7 Å². The molecule has 0 saturated heterocycles. The molecule has 2 aromatic carbocycles. The zero-order valence-corrected chi connectivity index (χ0v) is 23.0. The highest BCUT2D eigenvalue weighted by Crippen LogP contribution is 2.42. The van der Waals surface area contributed by atoms with E-state index in [-0.39, 0.29) is 21.8 Å². The normalized spacial score (nSPS) is 14.3. The second-order valence-electron chi connectivity index (χ2n) is 9.30. The molecule has 2 unspecified atom stereocenters. The summed E-state index contributed by atoms with van der Waals surface area (Å²) in [5.74, 6) is 0.343. The third kappa shape index (κ3) is 6.46. The molecule has 2 heterocycles. The van der Waals surface area contributed by atoms with Crippen LogP contribution in [0.2, 0.25) is 5.02 Å². The monoisotopic (exact) mass is 570 g/mol. The molecule has 2 aromatic heterocycles. The minimum absolute atomic E-state index is 0.239. The fourth-order valence-electron chi connectivity index (χ4n) is 3.53. The number of benzene rings is 2. The SMILES string of the molecule is CC(C)C.CC(O)(c1ccnc(-c2cccc3cc(C(NS)c4c(F)cccc4Cl)sc23)c1)C(F)(F)F. The van der Waals surface area contributed by atoms with Crippen molar-refractivity contribution < 1.29 is 22.7 Å². The third-order valence-corrected chi connectivity index (χ3v) is 7.25. The van der Waals surface area contributed by atoms with Crippen molar-refractivity contribution in [2.24, 2.45) is 5.92 Å². The first-order chi connectivity index (χ1) is 17.3. The fourth-order valence-corrected chi connectivity index (χ4v) is 5.40. The van der Waals surface area contributed by atoms with E-state index >= 15 is 0 Å². The van der Waals surface area contributed by atoms with E-state index in [1.807, 2.05) is 12.1 Å². The van der Waals surface area contributed by atoms with E-state index in [9.17, 15) is 22.7 Å². The first-order valence-electron chi connectivity index (χ1n) is 11.4. The Hall–Kier alpha value is -2.17. The molecule has 0 aliphatic rings. The van der Waals surface area contributed by atoms with Crippen molar-refractivity contribution in [3.8, 4) is 11.3 Å². The number of thiophene rings is 1. The van der Waals surface area contributed by atoms with Crippen molar-refractivity contribution in [3.05, 3.63) is 87.6 Å². The molecule has 0 saturated carbocycles. The first kappa shape index (κ1) is 29.4. The molecule has 0 fully saturated rings. The van der Waals surface area contributed by atoms with Crippen molar-refractivity contribution in [1.82, 2.24) is 9.71 Å². The largest absolute Gasteiger partial charge is 0.421 e. The number of fused-ring (bicyclic) bond motifs is 1. The summed E-state index contributed by atoms with van der Waals surface area (Å²) >= 11 is 11.7. The van der Waals surface area contributed by atoms with Gasteiger partial charge in [-0.3, -0.25) is 9.71 Å². The predicted octanol–water partition coefficient (Wildman–Crippen LogP) is 8.71. The van der Waals surface area contributed by atoms with Gasteiger partial charge in [-0.1, -0.05) is 69.5 Å². The molecule has 4 rings (SSSR count). The Labute approximate surface area is 228 Å². The summed E-state index contributed by atoms with van der Waals surface area (Å²) < 4.78 is 58.1. The summed E-state index contributed by atoms with van der Waals surface area (Å²) in [6.45, 7) is 7.21. The van der Waals surface area contributed by atoms with E-state index in [1.165, 1.54) is 35.7 Å². The van der Waals surface area contributed by atoms with Gasteiger partial charge in [0.05, 0.1) is 11.7 Å². The van der Waals surface area contributed by atoms with Crippen molar-refractivity contribution in [1.29, 1.82) is 0 Å². The second-order valence-corrected chi connectivity index (χ2v) is 11.1. The lowest BCUT2D eigenvalue weighted by atomic mass is 9.94. The maximum absolute atomic E-state index is 14.5. The molecule has 0 amide bonds. The lowest BCUT2D eigenvalue weighted by Crippen LogP contribution is -2.39. The van der Waals surface area contributed by atoms with E-state index in [4.69, 9.17) is 11.6 Å². The standard InChI is InChI=1S/C23H17ClF4N2OS2.C4H10/c1-22(31,23(26,27)28)13-8-9-29-17(11-13)14-5-2-4-12-10-18(33-21(12)14)20(30-32)19-15(24)6-3-7-16(19)25;1-4(2)3/h2-11,20,30-32H,1H3;4H,1-3H3. The summed E-state index contributed by atoms with van der Waals surface area (Å²) in [5, 5.41) is 11.1. The van der Waals surface area contributed by atoms with Gasteiger partial charge in [0.25, 0.3) is 0 Å². The number of aliphatic hydroxyl groups is 1. The van der Waals surface area contributed by atoms with Gasteiger partial charge in [0.1, 0.15) is 5.82 Å². The number of pyridine rings is 1. The minimum Gasteiger partial charge on any atom is -0.376 e. The molecule has 198 valence electrons. The number of thiol groups is 1. The van der Waals surface area contributed by atoms with Crippen molar-refractivity contribution >= 4 is 45.8 Å². The summed E-state index contributed by atoms with van der Waals surface area (Å²) in [6, 6.07) is 13.3. The molecule has 0 spiro atoms. The molecule has 0 aliphatic carbocycles. The quantitative estimate of drug-likeness (QED) is 0.166. The first-order valence-corrected chi connectivity index (χ1v) is 13.0. The molecule has 2 atom stereocenters. The molecule has 0 radical (unpaired) electrons. The zero-order valence-electron chi connectivity index (χ0n) is 20.6. The van der Waals surface area contributed by atoms with E-state index in [2.05, 4.69) is 43.3 Å². The van der Waals surface area contributed by atoms with Crippen LogP contribution in [0.5, 0.6) is 0 Å². The number of halogens is 5. The average Bonchev–Trinajstić information content (AvgIpc) is 3.24. The average molecular weight is 571 g/mol. The van der Waals surface area contributed by atoms with Crippen LogP contribution in [0.3, 0.4) is 0 Å². The molecule has 3 nitrogen and oxygen atoms in total. The summed E-state index contributed by atoms with van der Waals surface area (Å²) in [5.41, 5.74) is -2.25. The Kier molecular flexibility index (Phi) is 9.29. The number of alkyl halides is 3. The van der Waals surface area contributed by atoms with E-state index in [0.29, 0.717) is 17.4 Å². The van der Waals surface area contributed by atoms with Gasteiger partial charge in [-0.05, 0) is 54.1 Å². The van der Waals surface area contributed by atoms with Crippen LogP contribution in [-0.2, 0) is 5.60 Å². The maximum atomic E-state index is 14.5. The number of hydrogen-bond donors (Lipinski definition) is 3. The zero-order chi connectivity index (χ0) is 27.5. The fraction of sp³-hybridized carbons (Fsp3) is 0.296. The highest BCUT2D eigenvalue weighted by Gasteiger charge is 2.51. The Morgan fingerprint density at radius 1 is 1.05 bits per heavy atom. The number of rotatable bonds is 5. The van der Waals surface area contributed by atoms with Gasteiger partial charge in [-0.25, -0.2) is 4.39 Å². The van der Waals surface area contributed by atoms with Gasteiger partial charge < -0.3 is 5.11 Å². The molecule has 4 aromatic rings. The minimum atomic E-state index is -4.85. The number of nitrogens with one attached hydrogen (secondary N) is 1. The lowest BCUT2D eigenvalue weighted by molar-refractivity contribution is -0.258. The van der Waals surface area contributed by atoms with Crippen molar-refractivity contribution in [2.45, 2.75) is 45.5 Å². The molecule has 10 heteroatoms. The lowest BCUT2D eigenvalue weighted by Gasteiger charge is -2.26. The topological polar surface area (TPSA) is 45.2 Å². The second kappa shape index (κ2) is 11.7. The summed E-state index contributed by atoms with van der Waals surface area (Å²) in [6.07, 6.45) is -3.62. The highest BCUT2D eigenvalue weighted by molar-refractivity contribution is 7.78. The number of aromatic nitrogens is 1. The van der Waals surface area contributed by atoms with Gasteiger partial charge in [0.2, 0.25) is 0 Å². The predicted molar refractivity (Wildman–Crippen MR) is 147 cm³/mol. The van der Waals surface area contributed by atoms with Gasteiger partial charge in [-0.2, -0.15) is 13.2 Å². The number of hydrogen-bond acceptors (Lipinski definition) is 5. The van der Waals surface area contributed by atoms with E-state index < -0.39 is 23.6 Å². The van der Waals surface area contributed by atoms with Crippen LogP contribution < -0.4 is 4.72 Å². The van der Waals surface area contributed by atoms with Crippen LogP contribution in [0.25, 0.3) is 21.3 Å². The Morgan fingerprint density at radius 2 is 1.70 bits per heavy atom. The van der Waals surface area contributed by atoms with Crippen LogP contribution in [-0.4, -0.2) is 16.3 Å². The van der Waals surface area contributed by atoms with Crippen molar-refractivity contribution in [3.63, 3.8) is 0 Å². The third-order valence-electron chi connectivity index (χ3n) is 5.42. The van der Waals surface area contributed by atoms with Crippen molar-refractivity contribution in [2.75, 3.05) is 0 Å². The molecule has 0 aliphatic heterocycles. The molecular weight excluding hydrogens is 544 g/mol. The van der Waals surface area contributed by atoms with Crippen LogP contribution in [0, 0.1) is 11.7 Å². The van der Waals surface area contributed by atoms with Gasteiger partial charge >= 0.3 is 6.18 Å². The maximum Gasteiger partial charge on any atom is 0.421 e. The summed E-state index contributed by atoms with van der Waals surface area (Å²) in [4.78, 5) is 4.94. The summed E-state index contributed by atoms with van der Waals surface area (Å²) in [7, 11) is 0. The van der Waals surface area contributed by atoms with Crippen LogP contribution in [0.15, 0.2) is 60.8 Å². The molecular formula is C27H27ClF4N2OS2. The Balaban J connectivity index is 0.000000886. The smallest absolute Gasteiger partial charge is 0.376 e. The Morgan fingerprint density at radius 3 is 2.30 bits per heavy atom. The highest BCUT2D eigenvalue weighted by atomic mass is 35.5. The van der Waals surface area contributed by atoms with E-state index in [1.54, 1.807) is 18.2 Å². The Bertz CT molecular complexity index is 1350. The van der Waals surface area contributed by atoms with Gasteiger partial charge in [0.15, 0.2) is 5.60 Å². The van der Waals surface area contributed by atoms with Crippen LogP contribution >= 0.6 is 35.8 Å². The van der Waals surface area contributed by atoms with E-state index in [0.717, 1.165) is 22.1 Å². The molecule has 2 N–H and O–H groups in total. The molecule has 0 bridgehead atoms. The van der Waals surface area contributed by atoms with Gasteiger partial charge in [-0.15, -0.1) is 11.3 Å². The molecule has 37 heavy (non-hydrogen) atoms. The van der Waals surface area contributed by atoms with Gasteiger partial charge in [0, 0.05) is 31.9 Å².